The number of carboxylic acids is 1. The fourth-order valence-electron chi connectivity index (χ4n) is 2.18. The third-order valence-electron chi connectivity index (χ3n) is 3.27. The molecule has 0 saturated heterocycles. The molecule has 0 aliphatic carbocycles. The molecule has 0 unspecified atom stereocenters. The van der Waals surface area contributed by atoms with Crippen LogP contribution in [0.4, 0.5) is 0 Å². The summed E-state index contributed by atoms with van der Waals surface area (Å²) in [6.45, 7) is 6.59. The molecular formula is C14H31Cl2N3O3. The second-order valence-electron chi connectivity index (χ2n) is 5.50. The van der Waals surface area contributed by atoms with Crippen LogP contribution in [0.15, 0.2) is 0 Å². The van der Waals surface area contributed by atoms with Crippen molar-refractivity contribution in [3.63, 3.8) is 0 Å². The van der Waals surface area contributed by atoms with Gasteiger partial charge in [0.25, 0.3) is 0 Å². The quantitative estimate of drug-likeness (QED) is 0.513. The number of nitrogens with two attached hydrogens (primary N) is 2. The highest BCUT2D eigenvalue weighted by Gasteiger charge is 2.31. The van der Waals surface area contributed by atoms with Crippen molar-refractivity contribution in [1.82, 2.24) is 4.90 Å². The molecule has 0 spiro atoms. The van der Waals surface area contributed by atoms with E-state index in [1.165, 1.54) is 4.90 Å². The van der Waals surface area contributed by atoms with E-state index >= 15 is 0 Å². The summed E-state index contributed by atoms with van der Waals surface area (Å²) in [6, 6.07) is -1.44. The number of carbonyl (C=O) groups excluding carboxylic acids is 1. The summed E-state index contributed by atoms with van der Waals surface area (Å²) >= 11 is 0. The largest absolute Gasteiger partial charge is 0.480 e. The van der Waals surface area contributed by atoms with Crippen molar-refractivity contribution in [2.75, 3.05) is 13.1 Å². The first-order valence-corrected chi connectivity index (χ1v) is 7.34. The Bertz CT molecular complexity index is 318. The molecule has 0 aromatic heterocycles. The van der Waals surface area contributed by atoms with Crippen LogP contribution in [0.2, 0.25) is 0 Å². The summed E-state index contributed by atoms with van der Waals surface area (Å²) in [5.74, 6) is -1.05. The predicted molar refractivity (Wildman–Crippen MR) is 93.6 cm³/mol. The molecule has 0 fully saturated rings. The van der Waals surface area contributed by atoms with Gasteiger partial charge in [-0.2, -0.15) is 0 Å². The van der Waals surface area contributed by atoms with E-state index in [0.717, 1.165) is 12.8 Å². The minimum Gasteiger partial charge on any atom is -0.480 e. The molecule has 134 valence electrons. The molecule has 0 aliphatic rings. The molecule has 0 bridgehead atoms. The fraction of sp³-hybridized carbons (Fsp3) is 0.857. The molecule has 0 rings (SSSR count). The van der Waals surface area contributed by atoms with E-state index in [0.29, 0.717) is 25.9 Å². The third-order valence-corrected chi connectivity index (χ3v) is 3.27. The average molecular weight is 360 g/mol. The number of hydrogen-bond donors (Lipinski definition) is 3. The monoisotopic (exact) mass is 359 g/mol. The van der Waals surface area contributed by atoms with Gasteiger partial charge in [0.15, 0.2) is 0 Å². The van der Waals surface area contributed by atoms with Gasteiger partial charge in [-0.25, -0.2) is 4.79 Å². The zero-order valence-corrected chi connectivity index (χ0v) is 15.3. The highest BCUT2D eigenvalue weighted by Crippen LogP contribution is 2.14. The summed E-state index contributed by atoms with van der Waals surface area (Å²) in [7, 11) is 0. The lowest BCUT2D eigenvalue weighted by Gasteiger charge is -2.31. The van der Waals surface area contributed by atoms with E-state index in [4.69, 9.17) is 11.5 Å². The topological polar surface area (TPSA) is 110 Å². The molecule has 22 heavy (non-hydrogen) atoms. The molecule has 0 saturated carbocycles. The number of rotatable bonds is 10. The van der Waals surface area contributed by atoms with Gasteiger partial charge >= 0.3 is 5.97 Å². The number of carboxylic acid groups (broad SMARTS) is 1. The van der Waals surface area contributed by atoms with Gasteiger partial charge in [-0.15, -0.1) is 24.8 Å². The number of nitrogens with zero attached hydrogens (tertiary/aromatic N) is 1. The standard InChI is InChI=1S/C14H29N3O3.2ClH/c1-4-17(12(14(19)20)9-10(2)3)13(18)11(16)7-5-6-8-15;;/h10-12H,4-9,15-16H2,1-3H3,(H,19,20);2*1H/t11-,12-;;/m0../s1. The van der Waals surface area contributed by atoms with Crippen molar-refractivity contribution in [2.24, 2.45) is 17.4 Å². The Hall–Kier alpha value is -0.560. The van der Waals surface area contributed by atoms with Gasteiger partial charge in [0.1, 0.15) is 6.04 Å². The van der Waals surface area contributed by atoms with Crippen molar-refractivity contribution >= 4 is 36.7 Å². The summed E-state index contributed by atoms with van der Waals surface area (Å²) in [5.41, 5.74) is 11.3. The molecular weight excluding hydrogens is 329 g/mol. The highest BCUT2D eigenvalue weighted by atomic mass is 35.5. The Kier molecular flexibility index (Phi) is 16.8. The number of unbranched alkanes of at least 4 members (excludes halogenated alkanes) is 1. The van der Waals surface area contributed by atoms with Gasteiger partial charge in [0.2, 0.25) is 5.91 Å². The third kappa shape index (κ3) is 9.46. The van der Waals surface area contributed by atoms with Crippen molar-refractivity contribution in [1.29, 1.82) is 0 Å². The Morgan fingerprint density at radius 2 is 1.73 bits per heavy atom. The SMILES string of the molecule is CCN(C(=O)[C@@H](N)CCCCN)[C@@H](CC(C)C)C(=O)O.Cl.Cl. The maximum atomic E-state index is 12.3. The maximum Gasteiger partial charge on any atom is 0.326 e. The zero-order chi connectivity index (χ0) is 15.7. The number of likely N-dealkylation sites (N-methyl/N-ethyl adjacent to an activating group) is 1. The molecule has 0 radical (unpaired) electrons. The molecule has 6 nitrogen and oxygen atoms in total. The van der Waals surface area contributed by atoms with Crippen LogP contribution in [-0.4, -0.2) is 47.1 Å². The first-order valence-electron chi connectivity index (χ1n) is 7.34. The van der Waals surface area contributed by atoms with Crippen molar-refractivity contribution < 1.29 is 14.7 Å². The fourth-order valence-corrected chi connectivity index (χ4v) is 2.18. The minimum atomic E-state index is -0.969. The summed E-state index contributed by atoms with van der Waals surface area (Å²) in [4.78, 5) is 25.1. The van der Waals surface area contributed by atoms with Crippen LogP contribution in [-0.2, 0) is 9.59 Å². The molecule has 1 amide bonds. The maximum absolute atomic E-state index is 12.3. The number of halogens is 2. The second-order valence-corrected chi connectivity index (χ2v) is 5.50. The molecule has 5 N–H and O–H groups in total. The molecule has 0 aromatic rings. The Labute approximate surface area is 145 Å². The Morgan fingerprint density at radius 1 is 1.18 bits per heavy atom. The summed E-state index contributed by atoms with van der Waals surface area (Å²) in [6.07, 6.45) is 2.58. The summed E-state index contributed by atoms with van der Waals surface area (Å²) in [5, 5.41) is 9.32. The lowest BCUT2D eigenvalue weighted by molar-refractivity contribution is -0.151. The number of amides is 1. The number of hydrogen-bond acceptors (Lipinski definition) is 4. The van der Waals surface area contributed by atoms with Gasteiger partial charge in [-0.05, 0) is 38.6 Å². The second kappa shape index (κ2) is 14.1. The van der Waals surface area contributed by atoms with Crippen molar-refractivity contribution in [3.8, 4) is 0 Å². The molecule has 0 aliphatic heterocycles. The van der Waals surface area contributed by atoms with Crippen LogP contribution in [0.25, 0.3) is 0 Å². The lowest BCUT2D eigenvalue weighted by Crippen LogP contribution is -2.51. The van der Waals surface area contributed by atoms with Crippen molar-refractivity contribution in [3.05, 3.63) is 0 Å². The van der Waals surface area contributed by atoms with Gasteiger partial charge in [0.05, 0.1) is 6.04 Å². The molecule has 0 aromatic carbocycles. The van der Waals surface area contributed by atoms with E-state index < -0.39 is 18.1 Å². The van der Waals surface area contributed by atoms with Crippen LogP contribution in [0.1, 0.15) is 46.5 Å². The minimum absolute atomic E-state index is 0. The van der Waals surface area contributed by atoms with E-state index in [1.807, 2.05) is 13.8 Å². The smallest absolute Gasteiger partial charge is 0.326 e. The normalized spacial score (nSPS) is 12.8. The average Bonchev–Trinajstić information content (AvgIpc) is 2.37. The van der Waals surface area contributed by atoms with Crippen LogP contribution in [0.5, 0.6) is 0 Å². The van der Waals surface area contributed by atoms with Gasteiger partial charge in [0, 0.05) is 6.54 Å². The first kappa shape index (κ1) is 26.3. The number of carbonyl (C=O) groups is 2. The molecule has 8 heteroatoms. The van der Waals surface area contributed by atoms with E-state index in [9.17, 15) is 14.7 Å². The van der Waals surface area contributed by atoms with Crippen molar-refractivity contribution in [2.45, 2.75) is 58.5 Å². The Balaban J connectivity index is -0.00000180. The molecule has 2 atom stereocenters. The van der Waals surface area contributed by atoms with Crippen LogP contribution >= 0.6 is 24.8 Å². The first-order chi connectivity index (χ1) is 9.34. The highest BCUT2D eigenvalue weighted by molar-refractivity contribution is 5.87. The van der Waals surface area contributed by atoms with E-state index in [1.54, 1.807) is 6.92 Å². The predicted octanol–water partition coefficient (Wildman–Crippen LogP) is 1.63. The number of aliphatic carboxylic acids is 1. The Morgan fingerprint density at radius 3 is 2.09 bits per heavy atom. The van der Waals surface area contributed by atoms with Crippen LogP contribution < -0.4 is 11.5 Å². The van der Waals surface area contributed by atoms with E-state index in [2.05, 4.69) is 0 Å². The van der Waals surface area contributed by atoms with E-state index in [-0.39, 0.29) is 36.6 Å². The molecule has 0 heterocycles. The summed E-state index contributed by atoms with van der Waals surface area (Å²) < 4.78 is 0. The zero-order valence-electron chi connectivity index (χ0n) is 13.7. The van der Waals surface area contributed by atoms with Gasteiger partial charge in [-0.1, -0.05) is 20.3 Å². The van der Waals surface area contributed by atoms with Crippen LogP contribution in [0.3, 0.4) is 0 Å². The van der Waals surface area contributed by atoms with Crippen LogP contribution in [0, 0.1) is 5.92 Å². The van der Waals surface area contributed by atoms with Gasteiger partial charge in [-0.3, -0.25) is 4.79 Å². The van der Waals surface area contributed by atoms with Gasteiger partial charge < -0.3 is 21.5 Å². The lowest BCUT2D eigenvalue weighted by atomic mass is 10.0.